The third-order valence-corrected chi connectivity index (χ3v) is 2.84. The van der Waals surface area contributed by atoms with Crippen LogP contribution >= 0.6 is 15.9 Å². The number of ether oxygens (including phenoxy) is 1. The van der Waals surface area contributed by atoms with Gasteiger partial charge in [-0.2, -0.15) is 0 Å². The molecule has 1 N–H and O–H groups in total. The zero-order valence-electron chi connectivity index (χ0n) is 11.3. The van der Waals surface area contributed by atoms with E-state index in [2.05, 4.69) is 21.2 Å². The molecule has 0 saturated heterocycles. The van der Waals surface area contributed by atoms with Crippen molar-refractivity contribution in [2.45, 2.75) is 20.0 Å². The van der Waals surface area contributed by atoms with Crippen LogP contribution in [0.4, 0.5) is 5.69 Å². The van der Waals surface area contributed by atoms with Gasteiger partial charge in [-0.05, 0) is 38.1 Å². The maximum absolute atomic E-state index is 11.8. The molecule has 0 aliphatic carbocycles. The number of carbonyl (C=O) groups is 2. The molecule has 0 bridgehead atoms. The van der Waals surface area contributed by atoms with E-state index in [-0.39, 0.29) is 5.91 Å². The Morgan fingerprint density at radius 1 is 1.25 bits per heavy atom. The Kier molecular flexibility index (Phi) is 6.73. The van der Waals surface area contributed by atoms with Crippen molar-refractivity contribution in [1.29, 1.82) is 0 Å². The van der Waals surface area contributed by atoms with Crippen molar-refractivity contribution in [3.8, 4) is 0 Å². The summed E-state index contributed by atoms with van der Waals surface area (Å²) >= 11 is 3.31. The van der Waals surface area contributed by atoms with Crippen molar-refractivity contribution >= 4 is 33.5 Å². The molecule has 0 aromatic heterocycles. The first kappa shape index (κ1) is 16.2. The van der Waals surface area contributed by atoms with E-state index in [0.717, 1.165) is 4.47 Å². The van der Waals surface area contributed by atoms with Crippen molar-refractivity contribution in [2.24, 2.45) is 0 Å². The highest BCUT2D eigenvalue weighted by atomic mass is 79.9. The predicted octanol–water partition coefficient (Wildman–Crippen LogP) is 3.45. The first-order valence-corrected chi connectivity index (χ1v) is 6.88. The molecular formula is C15H16BrNO3. The highest BCUT2D eigenvalue weighted by molar-refractivity contribution is 9.10. The van der Waals surface area contributed by atoms with Crippen LogP contribution in [-0.2, 0) is 14.3 Å². The van der Waals surface area contributed by atoms with Crippen LogP contribution < -0.4 is 5.32 Å². The number of allylic oxidation sites excluding steroid dienone is 3. The SMILES string of the molecule is C/C=C/C=C/C(=O)O[C@@H](C)C(=O)Nc1ccc(Br)cc1. The second-order valence-corrected chi connectivity index (χ2v) is 4.88. The molecule has 0 unspecified atom stereocenters. The van der Waals surface area contributed by atoms with Gasteiger partial charge >= 0.3 is 5.97 Å². The lowest BCUT2D eigenvalue weighted by Gasteiger charge is -2.12. The number of esters is 1. The van der Waals surface area contributed by atoms with Gasteiger partial charge in [0.15, 0.2) is 6.10 Å². The molecule has 0 radical (unpaired) electrons. The molecule has 0 fully saturated rings. The summed E-state index contributed by atoms with van der Waals surface area (Å²) in [7, 11) is 0. The van der Waals surface area contributed by atoms with Gasteiger partial charge in [-0.3, -0.25) is 4.79 Å². The first-order chi connectivity index (χ1) is 9.52. The lowest BCUT2D eigenvalue weighted by Crippen LogP contribution is -2.29. The van der Waals surface area contributed by atoms with Gasteiger partial charge in [0.05, 0.1) is 0 Å². The normalized spacial score (nSPS) is 12.6. The van der Waals surface area contributed by atoms with Gasteiger partial charge in [-0.1, -0.05) is 34.2 Å². The van der Waals surface area contributed by atoms with E-state index in [1.165, 1.54) is 13.0 Å². The molecule has 0 saturated carbocycles. The van der Waals surface area contributed by atoms with E-state index in [1.807, 2.05) is 19.1 Å². The zero-order valence-corrected chi connectivity index (χ0v) is 12.9. The van der Waals surface area contributed by atoms with Crippen molar-refractivity contribution < 1.29 is 14.3 Å². The Bertz CT molecular complexity index is 520. The van der Waals surface area contributed by atoms with Crippen LogP contribution in [0.3, 0.4) is 0 Å². The standard InChI is InChI=1S/C15H16BrNO3/c1-3-4-5-6-14(18)20-11(2)15(19)17-13-9-7-12(16)8-10-13/h3-11H,1-2H3,(H,17,19)/b4-3+,6-5+/t11-/m0/s1. The molecule has 0 heterocycles. The van der Waals surface area contributed by atoms with E-state index in [0.29, 0.717) is 5.69 Å². The highest BCUT2D eigenvalue weighted by Crippen LogP contribution is 2.14. The van der Waals surface area contributed by atoms with Crippen LogP contribution in [0.15, 0.2) is 53.0 Å². The summed E-state index contributed by atoms with van der Waals surface area (Å²) in [4.78, 5) is 23.2. The minimum atomic E-state index is -0.860. The third kappa shape index (κ3) is 5.84. The van der Waals surface area contributed by atoms with E-state index < -0.39 is 12.1 Å². The highest BCUT2D eigenvalue weighted by Gasteiger charge is 2.16. The number of benzene rings is 1. The van der Waals surface area contributed by atoms with E-state index in [9.17, 15) is 9.59 Å². The summed E-state index contributed by atoms with van der Waals surface area (Å²) in [6, 6.07) is 7.13. The van der Waals surface area contributed by atoms with Gasteiger partial charge in [-0.15, -0.1) is 0 Å². The number of hydrogen-bond acceptors (Lipinski definition) is 3. The predicted molar refractivity (Wildman–Crippen MR) is 82.3 cm³/mol. The number of hydrogen-bond donors (Lipinski definition) is 1. The molecule has 1 atom stereocenters. The van der Waals surface area contributed by atoms with Crippen LogP contribution in [0.2, 0.25) is 0 Å². The molecule has 1 aromatic rings. The summed E-state index contributed by atoms with van der Waals surface area (Å²) in [5, 5.41) is 2.67. The summed E-state index contributed by atoms with van der Waals surface area (Å²) in [5.41, 5.74) is 0.644. The van der Waals surface area contributed by atoms with Crippen molar-refractivity contribution in [1.82, 2.24) is 0 Å². The monoisotopic (exact) mass is 337 g/mol. The third-order valence-electron chi connectivity index (χ3n) is 2.31. The molecule has 1 rings (SSSR count). The van der Waals surface area contributed by atoms with Crippen molar-refractivity contribution in [2.75, 3.05) is 5.32 Å². The molecule has 1 aromatic carbocycles. The van der Waals surface area contributed by atoms with Crippen LogP contribution in [-0.4, -0.2) is 18.0 Å². The number of anilines is 1. The van der Waals surface area contributed by atoms with Gasteiger partial charge < -0.3 is 10.1 Å². The number of rotatable bonds is 5. The Balaban J connectivity index is 2.50. The van der Waals surface area contributed by atoms with Gasteiger partial charge in [-0.25, -0.2) is 4.79 Å². The lowest BCUT2D eigenvalue weighted by atomic mass is 10.3. The molecule has 5 heteroatoms. The molecule has 20 heavy (non-hydrogen) atoms. The lowest BCUT2D eigenvalue weighted by molar-refractivity contribution is -0.148. The molecule has 1 amide bonds. The minimum absolute atomic E-state index is 0.375. The average molecular weight is 338 g/mol. The second kappa shape index (κ2) is 8.32. The fourth-order valence-corrected chi connectivity index (χ4v) is 1.55. The topological polar surface area (TPSA) is 55.4 Å². The van der Waals surface area contributed by atoms with Gasteiger partial charge in [0.1, 0.15) is 0 Å². The van der Waals surface area contributed by atoms with E-state index >= 15 is 0 Å². The molecule has 106 valence electrons. The number of nitrogens with one attached hydrogen (secondary N) is 1. The van der Waals surface area contributed by atoms with Crippen molar-refractivity contribution in [3.05, 3.63) is 53.0 Å². The quantitative estimate of drug-likeness (QED) is 0.508. The minimum Gasteiger partial charge on any atom is -0.449 e. The Morgan fingerprint density at radius 2 is 1.90 bits per heavy atom. The summed E-state index contributed by atoms with van der Waals surface area (Å²) in [6.07, 6.45) is 5.45. The van der Waals surface area contributed by atoms with E-state index in [4.69, 9.17) is 4.74 Å². The molecule has 4 nitrogen and oxygen atoms in total. The Morgan fingerprint density at radius 3 is 2.50 bits per heavy atom. The molecule has 0 aliphatic heterocycles. The largest absolute Gasteiger partial charge is 0.449 e. The summed E-state index contributed by atoms with van der Waals surface area (Å²) in [5.74, 6) is -0.929. The van der Waals surface area contributed by atoms with Crippen LogP contribution in [0.25, 0.3) is 0 Å². The van der Waals surface area contributed by atoms with E-state index in [1.54, 1.807) is 30.4 Å². The number of carbonyl (C=O) groups excluding carboxylic acids is 2. The Hall–Kier alpha value is -1.88. The fourth-order valence-electron chi connectivity index (χ4n) is 1.29. The maximum atomic E-state index is 11.8. The fraction of sp³-hybridized carbons (Fsp3) is 0.200. The van der Waals surface area contributed by atoms with Crippen LogP contribution in [0.5, 0.6) is 0 Å². The molecule has 0 spiro atoms. The molecular weight excluding hydrogens is 322 g/mol. The molecule has 0 aliphatic rings. The number of halogens is 1. The average Bonchev–Trinajstić information content (AvgIpc) is 2.41. The zero-order chi connectivity index (χ0) is 15.0. The van der Waals surface area contributed by atoms with Gasteiger partial charge in [0.25, 0.3) is 5.91 Å². The van der Waals surface area contributed by atoms with Crippen LogP contribution in [0.1, 0.15) is 13.8 Å². The van der Waals surface area contributed by atoms with Gasteiger partial charge in [0, 0.05) is 16.2 Å². The van der Waals surface area contributed by atoms with Gasteiger partial charge in [0.2, 0.25) is 0 Å². The second-order valence-electron chi connectivity index (χ2n) is 3.96. The summed E-state index contributed by atoms with van der Waals surface area (Å²) in [6.45, 7) is 3.36. The summed E-state index contributed by atoms with van der Waals surface area (Å²) < 4.78 is 5.89. The van der Waals surface area contributed by atoms with Crippen molar-refractivity contribution in [3.63, 3.8) is 0 Å². The Labute approximate surface area is 126 Å². The van der Waals surface area contributed by atoms with Crippen LogP contribution in [0, 0.1) is 0 Å². The first-order valence-electron chi connectivity index (χ1n) is 6.09. The number of amides is 1. The maximum Gasteiger partial charge on any atom is 0.331 e. The smallest absolute Gasteiger partial charge is 0.331 e.